The van der Waals surface area contributed by atoms with E-state index < -0.39 is 6.10 Å². The van der Waals surface area contributed by atoms with Gasteiger partial charge in [0.05, 0.1) is 0 Å². The minimum Gasteiger partial charge on any atom is -0.462 e. The highest BCUT2D eigenvalue weighted by Gasteiger charge is 2.19. The monoisotopic (exact) mass is 1130 g/mol. The highest BCUT2D eigenvalue weighted by atomic mass is 16.6. The molecule has 0 bridgehead atoms. The van der Waals surface area contributed by atoms with Crippen LogP contribution in [-0.4, -0.2) is 37.2 Å². The van der Waals surface area contributed by atoms with E-state index in [9.17, 15) is 14.4 Å². The Morgan fingerprint density at radius 1 is 0.256 bits per heavy atom. The lowest BCUT2D eigenvalue weighted by molar-refractivity contribution is -0.167. The lowest BCUT2D eigenvalue weighted by atomic mass is 10.1. The van der Waals surface area contributed by atoms with Crippen molar-refractivity contribution in [1.82, 2.24) is 0 Å². The van der Waals surface area contributed by atoms with Gasteiger partial charge in [0.2, 0.25) is 0 Å². The predicted octanol–water partition coefficient (Wildman–Crippen LogP) is 23.7. The van der Waals surface area contributed by atoms with E-state index >= 15 is 0 Å². The maximum atomic E-state index is 12.9. The molecule has 0 saturated carbocycles. The summed E-state index contributed by atoms with van der Waals surface area (Å²) in [5.41, 5.74) is 0. The van der Waals surface area contributed by atoms with Gasteiger partial charge in [0, 0.05) is 19.3 Å². The molecule has 0 rings (SSSR count). The number of esters is 3. The maximum Gasteiger partial charge on any atom is 0.306 e. The van der Waals surface area contributed by atoms with Gasteiger partial charge in [-0.1, -0.05) is 289 Å². The van der Waals surface area contributed by atoms with Gasteiger partial charge in [-0.25, -0.2) is 0 Å². The van der Waals surface area contributed by atoms with Crippen molar-refractivity contribution in [1.29, 1.82) is 0 Å². The number of ether oxygens (including phenoxy) is 3. The average molecular weight is 1140 g/mol. The second kappa shape index (κ2) is 69.0. The van der Waals surface area contributed by atoms with Gasteiger partial charge in [-0.3, -0.25) is 14.4 Å². The number of carbonyl (C=O) groups excluding carboxylic acids is 3. The summed E-state index contributed by atoms with van der Waals surface area (Å²) in [6.45, 7) is 6.48. The van der Waals surface area contributed by atoms with Crippen LogP contribution in [-0.2, 0) is 28.6 Å². The normalized spacial score (nSPS) is 13.0. The summed E-state index contributed by atoms with van der Waals surface area (Å²) < 4.78 is 16.9. The Kier molecular flexibility index (Phi) is 65.3. The summed E-state index contributed by atoms with van der Waals surface area (Å²) in [6.07, 6.45) is 97.6. The lowest BCUT2D eigenvalue weighted by Gasteiger charge is -2.18. The fraction of sp³-hybridized carbons (Fsp3) is 0.671. The molecule has 0 aromatic carbocycles. The van der Waals surface area contributed by atoms with Gasteiger partial charge >= 0.3 is 17.9 Å². The summed E-state index contributed by atoms with van der Waals surface area (Å²) in [4.78, 5) is 38.3. The molecule has 0 aliphatic carbocycles. The highest BCUT2D eigenvalue weighted by molar-refractivity contribution is 5.71. The van der Waals surface area contributed by atoms with E-state index in [0.29, 0.717) is 19.3 Å². The molecule has 6 nitrogen and oxygen atoms in total. The zero-order valence-corrected chi connectivity index (χ0v) is 53.5. The molecule has 1 atom stereocenters. The van der Waals surface area contributed by atoms with Crippen LogP contribution < -0.4 is 0 Å². The van der Waals surface area contributed by atoms with Gasteiger partial charge < -0.3 is 14.2 Å². The summed E-state index contributed by atoms with van der Waals surface area (Å²) in [7, 11) is 0. The van der Waals surface area contributed by atoms with Crippen molar-refractivity contribution < 1.29 is 28.6 Å². The number of unbranched alkanes of at least 4 members (excludes halogenated alkanes) is 28. The molecule has 0 heterocycles. The van der Waals surface area contributed by atoms with Crippen molar-refractivity contribution in [3.8, 4) is 0 Å². The Morgan fingerprint density at radius 3 is 0.793 bits per heavy atom. The molecule has 0 aliphatic heterocycles. The maximum absolute atomic E-state index is 12.9. The van der Waals surface area contributed by atoms with Crippen LogP contribution >= 0.6 is 0 Å². The molecule has 0 spiro atoms. The summed E-state index contributed by atoms with van der Waals surface area (Å²) in [5.74, 6) is -0.909. The zero-order valence-electron chi connectivity index (χ0n) is 53.5. The Labute approximate surface area is 506 Å². The lowest BCUT2D eigenvalue weighted by Crippen LogP contribution is -2.30. The SMILES string of the molecule is CC/C=C\C/C=C\C/C=C\C/C=C\C/C=C\C/C=C\C/C=C\C/C=C\C/C=C\CCCCCCCCCC(=O)OCC(COC(=O)CCCCCCC/C=C\CCCC)OC(=O)CCCCCCCCC/C=C\CCCCCCCCC. The number of allylic oxidation sites excluding steroid dienone is 22. The molecule has 0 radical (unpaired) electrons. The van der Waals surface area contributed by atoms with Crippen LogP contribution in [0.25, 0.3) is 0 Å². The van der Waals surface area contributed by atoms with Crippen molar-refractivity contribution in [2.45, 2.75) is 316 Å². The van der Waals surface area contributed by atoms with E-state index in [4.69, 9.17) is 14.2 Å². The smallest absolute Gasteiger partial charge is 0.306 e. The topological polar surface area (TPSA) is 78.9 Å². The van der Waals surface area contributed by atoms with Crippen LogP contribution in [0.4, 0.5) is 0 Å². The van der Waals surface area contributed by atoms with Crippen LogP contribution in [0.3, 0.4) is 0 Å². The molecule has 466 valence electrons. The predicted molar refractivity (Wildman–Crippen MR) is 357 cm³/mol. The number of hydrogen-bond acceptors (Lipinski definition) is 6. The van der Waals surface area contributed by atoms with Gasteiger partial charge in [-0.05, 0) is 135 Å². The van der Waals surface area contributed by atoms with Gasteiger partial charge in [0.15, 0.2) is 6.10 Å². The van der Waals surface area contributed by atoms with E-state index in [0.717, 1.165) is 128 Å². The van der Waals surface area contributed by atoms with Crippen LogP contribution in [0.15, 0.2) is 134 Å². The van der Waals surface area contributed by atoms with Crippen LogP contribution in [0.2, 0.25) is 0 Å². The number of carbonyl (C=O) groups is 3. The summed E-state index contributed by atoms with van der Waals surface area (Å²) >= 11 is 0. The highest BCUT2D eigenvalue weighted by Crippen LogP contribution is 2.15. The molecular weight excluding hydrogens is 1010 g/mol. The van der Waals surface area contributed by atoms with E-state index in [-0.39, 0.29) is 31.1 Å². The first kappa shape index (κ1) is 77.5. The second-order valence-electron chi connectivity index (χ2n) is 22.3. The van der Waals surface area contributed by atoms with E-state index in [1.165, 1.54) is 141 Å². The van der Waals surface area contributed by atoms with Gasteiger partial charge in [-0.2, -0.15) is 0 Å². The van der Waals surface area contributed by atoms with Crippen LogP contribution in [0.5, 0.6) is 0 Å². The number of hydrogen-bond donors (Lipinski definition) is 0. The molecule has 0 N–H and O–H groups in total. The summed E-state index contributed by atoms with van der Waals surface area (Å²) in [6, 6.07) is 0. The molecule has 0 aromatic heterocycles. The Bertz CT molecular complexity index is 1730. The van der Waals surface area contributed by atoms with Crippen molar-refractivity contribution in [2.75, 3.05) is 13.2 Å². The summed E-state index contributed by atoms with van der Waals surface area (Å²) in [5, 5.41) is 0. The fourth-order valence-electron chi connectivity index (χ4n) is 9.24. The van der Waals surface area contributed by atoms with Gasteiger partial charge in [0.25, 0.3) is 0 Å². The molecule has 82 heavy (non-hydrogen) atoms. The van der Waals surface area contributed by atoms with E-state index in [1.54, 1.807) is 0 Å². The first-order chi connectivity index (χ1) is 40.5. The first-order valence-corrected chi connectivity index (χ1v) is 34.2. The Balaban J connectivity index is 4.26. The standard InChI is InChI=1S/C76H126O6/c1-4-7-10-13-16-19-22-24-26-28-30-31-32-33-34-35-36-37-38-39-40-41-42-43-44-45-46-48-49-51-54-57-60-63-66-69-75(78)81-72-73(71-80-74(77)68-65-62-59-56-53-21-18-15-12-9-6-3)82-76(79)70-67-64-61-58-55-52-50-47-29-27-25-23-20-17-14-11-8-5-2/h7,10,15-16,18-19,24,26-27,29-31,33-34,36-37,39-40,42-43,45-46,73H,4-6,8-9,11-14,17,20-23,25,28,32,35,38,41,44,47-72H2,1-3H3/b10-7-,18-15-,19-16-,26-24-,29-27-,31-30-,34-33-,37-36-,40-39-,43-42-,46-45-. The first-order valence-electron chi connectivity index (χ1n) is 34.2. The Hall–Kier alpha value is -4.45. The largest absolute Gasteiger partial charge is 0.462 e. The minimum atomic E-state index is -0.792. The molecule has 0 fully saturated rings. The molecule has 6 heteroatoms. The molecule has 0 aromatic rings. The van der Waals surface area contributed by atoms with E-state index in [1.807, 2.05) is 0 Å². The third kappa shape index (κ3) is 66.4. The van der Waals surface area contributed by atoms with Gasteiger partial charge in [-0.15, -0.1) is 0 Å². The minimum absolute atomic E-state index is 0.0888. The molecule has 0 amide bonds. The average Bonchev–Trinajstić information content (AvgIpc) is 3.47. The zero-order chi connectivity index (χ0) is 59.2. The van der Waals surface area contributed by atoms with Crippen molar-refractivity contribution >= 4 is 17.9 Å². The van der Waals surface area contributed by atoms with E-state index in [2.05, 4.69) is 154 Å². The molecule has 1 unspecified atom stereocenters. The third-order valence-corrected chi connectivity index (χ3v) is 14.4. The van der Waals surface area contributed by atoms with Crippen molar-refractivity contribution in [3.63, 3.8) is 0 Å². The fourth-order valence-corrected chi connectivity index (χ4v) is 9.24. The van der Waals surface area contributed by atoms with Gasteiger partial charge in [0.1, 0.15) is 13.2 Å². The molecule has 0 saturated heterocycles. The quantitative estimate of drug-likeness (QED) is 0.0261. The van der Waals surface area contributed by atoms with Crippen molar-refractivity contribution in [3.05, 3.63) is 134 Å². The van der Waals surface area contributed by atoms with Crippen LogP contribution in [0.1, 0.15) is 310 Å². The third-order valence-electron chi connectivity index (χ3n) is 14.4. The molecular formula is C76H126O6. The molecule has 0 aliphatic rings. The van der Waals surface area contributed by atoms with Crippen LogP contribution in [0, 0.1) is 0 Å². The number of rotatable bonds is 61. The second-order valence-corrected chi connectivity index (χ2v) is 22.3. The van der Waals surface area contributed by atoms with Crippen molar-refractivity contribution in [2.24, 2.45) is 0 Å². The Morgan fingerprint density at radius 2 is 0.488 bits per heavy atom.